The number of methoxy groups -OCH3 is 1. The lowest BCUT2D eigenvalue weighted by Gasteiger charge is -2.61. The molecule has 4 aliphatic carbocycles. The van der Waals surface area contributed by atoms with Gasteiger partial charge in [-0.25, -0.2) is 0 Å². The molecule has 0 bridgehead atoms. The highest BCUT2D eigenvalue weighted by Gasteiger charge is 2.67. The lowest BCUT2D eigenvalue weighted by atomic mass is 9.45. The monoisotopic (exact) mass is 818 g/mol. The van der Waals surface area contributed by atoms with E-state index in [4.69, 9.17) is 33.2 Å². The highest BCUT2D eigenvalue weighted by molar-refractivity contribution is 5.28. The molecular formula is C40H66O17. The van der Waals surface area contributed by atoms with E-state index in [1.54, 1.807) is 6.92 Å². The highest BCUT2D eigenvalue weighted by atomic mass is 16.8. The third-order valence-electron chi connectivity index (χ3n) is 15.5. The standard InChI is InChI=1S/C40H66O17/c1-17(42)21-10-13-40(50)23-7-6-19-14-20(8-11-38(19,3)22(23)9-12-39(21,40)4)54-37-32(49)34(51-5)33(18(2)53-37)57-36-31(48)29(46)27(44)25(56-36)16-52-35-30(47)28(45)26(43)24(15-41)55-35/h6,17-18,20-37,41-50H,7-16H2,1-5H3/t17-,18+,20-,21+,22-,23+,24+,25+,26-,27-,28-,29-,30+,31+,32+,33-,34+,35+,36-,37-,38-,39+,40-/m0/s1. The molecule has 7 aliphatic rings. The molecule has 0 aromatic rings. The Labute approximate surface area is 333 Å². The molecule has 0 amide bonds. The van der Waals surface area contributed by atoms with Gasteiger partial charge in [0.25, 0.3) is 0 Å². The van der Waals surface area contributed by atoms with Crippen LogP contribution in [0.3, 0.4) is 0 Å². The van der Waals surface area contributed by atoms with Gasteiger partial charge in [-0.1, -0.05) is 25.5 Å². The zero-order valence-corrected chi connectivity index (χ0v) is 33.5. The molecular weight excluding hydrogens is 752 g/mol. The first kappa shape index (κ1) is 44.1. The van der Waals surface area contributed by atoms with Crippen LogP contribution in [0.25, 0.3) is 0 Å². The summed E-state index contributed by atoms with van der Waals surface area (Å²) in [4.78, 5) is 0. The van der Waals surface area contributed by atoms with E-state index in [0.717, 1.165) is 38.5 Å². The summed E-state index contributed by atoms with van der Waals surface area (Å²) in [6.45, 7) is 6.84. The SMILES string of the molecule is CO[C@@H]1[C@@H](O)[C@H](O[C@H]2CC[C@@]3(C)C(=CC[C@@H]4[C@@H]3CC[C@]3(C)[C@@H]([C@H](C)O)CC[C@]43O)C2)O[C@H](C)[C@@H]1O[C@@H]1O[C@H](CO[C@@H]2O[C@H](CO)[C@H](O)[C@H](O)[C@H]2O)[C@H](O)[C@H](O)[C@H]1O. The van der Waals surface area contributed by atoms with Crippen LogP contribution < -0.4 is 0 Å². The van der Waals surface area contributed by atoms with E-state index in [-0.39, 0.29) is 28.8 Å². The van der Waals surface area contributed by atoms with Crippen molar-refractivity contribution in [2.75, 3.05) is 20.3 Å². The molecule has 3 saturated heterocycles. The summed E-state index contributed by atoms with van der Waals surface area (Å²) in [6.07, 6.45) is -13.2. The maximum Gasteiger partial charge on any atom is 0.187 e. The Kier molecular flexibility index (Phi) is 13.0. The lowest BCUT2D eigenvalue weighted by molar-refractivity contribution is -0.366. The number of hydrogen-bond donors (Lipinski definition) is 10. The molecule has 17 heteroatoms. The van der Waals surface area contributed by atoms with Crippen LogP contribution >= 0.6 is 0 Å². The van der Waals surface area contributed by atoms with Gasteiger partial charge in [0, 0.05) is 12.5 Å². The van der Waals surface area contributed by atoms with E-state index in [2.05, 4.69) is 19.9 Å². The molecule has 0 radical (unpaired) electrons. The summed E-state index contributed by atoms with van der Waals surface area (Å²) in [5.74, 6) is 0.518. The number of hydrogen-bond acceptors (Lipinski definition) is 17. The lowest BCUT2D eigenvalue weighted by Crippen LogP contribution is -2.65. The highest BCUT2D eigenvalue weighted by Crippen LogP contribution is 2.68. The molecule has 0 unspecified atom stereocenters. The van der Waals surface area contributed by atoms with Crippen molar-refractivity contribution in [3.63, 3.8) is 0 Å². The molecule has 23 atom stereocenters. The zero-order chi connectivity index (χ0) is 41.4. The minimum Gasteiger partial charge on any atom is -0.394 e. The molecule has 10 N–H and O–H groups in total. The van der Waals surface area contributed by atoms with Crippen molar-refractivity contribution in [1.29, 1.82) is 0 Å². The summed E-state index contributed by atoms with van der Waals surface area (Å²) in [5.41, 5.74) is 0.0610. The summed E-state index contributed by atoms with van der Waals surface area (Å²) < 4.78 is 41.2. The molecule has 0 aromatic carbocycles. The fraction of sp³-hybridized carbons (Fsp3) is 0.950. The van der Waals surface area contributed by atoms with E-state index in [9.17, 15) is 51.1 Å². The number of allylic oxidation sites excluding steroid dienone is 1. The Morgan fingerprint density at radius 1 is 0.754 bits per heavy atom. The van der Waals surface area contributed by atoms with E-state index in [1.165, 1.54) is 12.7 Å². The Bertz CT molecular complexity index is 1420. The predicted octanol–water partition coefficient (Wildman–Crippen LogP) is -1.42. The van der Waals surface area contributed by atoms with Gasteiger partial charge in [-0.05, 0) is 88.4 Å². The number of ether oxygens (including phenoxy) is 7. The van der Waals surface area contributed by atoms with Crippen LogP contribution in [0.2, 0.25) is 0 Å². The molecule has 7 rings (SSSR count). The van der Waals surface area contributed by atoms with Crippen LogP contribution in [-0.4, -0.2) is 181 Å². The van der Waals surface area contributed by atoms with Crippen molar-refractivity contribution >= 4 is 0 Å². The summed E-state index contributed by atoms with van der Waals surface area (Å²) in [6, 6.07) is 0. The summed E-state index contributed by atoms with van der Waals surface area (Å²) in [7, 11) is 1.39. The van der Waals surface area contributed by atoms with E-state index < -0.39 is 117 Å². The van der Waals surface area contributed by atoms with Gasteiger partial charge in [0.1, 0.15) is 67.1 Å². The molecule has 3 saturated carbocycles. The molecule has 3 heterocycles. The maximum absolute atomic E-state index is 12.3. The molecule has 17 nitrogen and oxygen atoms in total. The van der Waals surface area contributed by atoms with Crippen LogP contribution in [0.15, 0.2) is 11.6 Å². The van der Waals surface area contributed by atoms with Crippen LogP contribution in [-0.2, 0) is 33.2 Å². The van der Waals surface area contributed by atoms with Crippen LogP contribution in [0.4, 0.5) is 0 Å². The predicted molar refractivity (Wildman–Crippen MR) is 196 cm³/mol. The maximum atomic E-state index is 12.3. The molecule has 328 valence electrons. The average molecular weight is 819 g/mol. The Balaban J connectivity index is 0.972. The Morgan fingerprint density at radius 2 is 1.40 bits per heavy atom. The van der Waals surface area contributed by atoms with Crippen LogP contribution in [0.1, 0.15) is 79.1 Å². The average Bonchev–Trinajstić information content (AvgIpc) is 3.47. The third kappa shape index (κ3) is 7.47. The van der Waals surface area contributed by atoms with Gasteiger partial charge in [0.05, 0.1) is 37.1 Å². The van der Waals surface area contributed by atoms with Crippen molar-refractivity contribution < 1.29 is 84.2 Å². The minimum atomic E-state index is -1.77. The van der Waals surface area contributed by atoms with E-state index in [0.29, 0.717) is 18.8 Å². The van der Waals surface area contributed by atoms with Crippen molar-refractivity contribution in [3.05, 3.63) is 11.6 Å². The first-order valence-electron chi connectivity index (χ1n) is 20.8. The second kappa shape index (κ2) is 16.7. The van der Waals surface area contributed by atoms with Gasteiger partial charge < -0.3 is 84.2 Å². The van der Waals surface area contributed by atoms with Crippen molar-refractivity contribution in [3.8, 4) is 0 Å². The smallest absolute Gasteiger partial charge is 0.187 e. The minimum absolute atomic E-state index is 0.0837. The van der Waals surface area contributed by atoms with Crippen LogP contribution in [0, 0.1) is 28.6 Å². The topological polar surface area (TPSA) is 267 Å². The fourth-order valence-electron chi connectivity index (χ4n) is 12.0. The molecule has 6 fully saturated rings. The number of aliphatic hydroxyl groups is 10. The Hall–Kier alpha value is -0.940. The van der Waals surface area contributed by atoms with E-state index in [1.807, 2.05) is 6.92 Å². The zero-order valence-electron chi connectivity index (χ0n) is 33.5. The van der Waals surface area contributed by atoms with Gasteiger partial charge >= 0.3 is 0 Å². The fourth-order valence-corrected chi connectivity index (χ4v) is 12.0. The first-order valence-corrected chi connectivity index (χ1v) is 20.8. The van der Waals surface area contributed by atoms with Gasteiger partial charge in [-0.15, -0.1) is 0 Å². The van der Waals surface area contributed by atoms with Crippen LogP contribution in [0.5, 0.6) is 0 Å². The number of fused-ring (bicyclic) bond motifs is 5. The van der Waals surface area contributed by atoms with Gasteiger partial charge in [-0.3, -0.25) is 0 Å². The largest absolute Gasteiger partial charge is 0.394 e. The third-order valence-corrected chi connectivity index (χ3v) is 15.5. The molecule has 3 aliphatic heterocycles. The second-order valence-electron chi connectivity index (χ2n) is 18.4. The van der Waals surface area contributed by atoms with Crippen molar-refractivity contribution in [2.45, 2.75) is 189 Å². The van der Waals surface area contributed by atoms with Gasteiger partial charge in [0.15, 0.2) is 18.9 Å². The van der Waals surface area contributed by atoms with Gasteiger partial charge in [-0.2, -0.15) is 0 Å². The van der Waals surface area contributed by atoms with Gasteiger partial charge in [0.2, 0.25) is 0 Å². The van der Waals surface area contributed by atoms with E-state index >= 15 is 0 Å². The summed E-state index contributed by atoms with van der Waals surface area (Å²) in [5, 5.41) is 107. The molecule has 0 aromatic heterocycles. The molecule has 0 spiro atoms. The molecule has 57 heavy (non-hydrogen) atoms. The summed E-state index contributed by atoms with van der Waals surface area (Å²) >= 11 is 0. The first-order chi connectivity index (χ1) is 26.9. The Morgan fingerprint density at radius 3 is 2.07 bits per heavy atom. The number of aliphatic hydroxyl groups excluding tert-OH is 9. The second-order valence-corrected chi connectivity index (χ2v) is 18.4. The van der Waals surface area contributed by atoms with Crippen molar-refractivity contribution in [1.82, 2.24) is 0 Å². The quantitative estimate of drug-likeness (QED) is 0.113. The van der Waals surface area contributed by atoms with Crippen molar-refractivity contribution in [2.24, 2.45) is 28.6 Å². The normalized spacial score (nSPS) is 54.6. The number of rotatable bonds is 10.